The van der Waals surface area contributed by atoms with Crippen LogP contribution in [-0.4, -0.2) is 33.8 Å². The first-order valence-electron chi connectivity index (χ1n) is 6.30. The highest BCUT2D eigenvalue weighted by Crippen LogP contribution is 2.26. The molecule has 4 nitrogen and oxygen atoms in total. The SMILES string of the molecule is CCN(CC(C)(C)O)c1nc(Cl)nc2ccccc12. The van der Waals surface area contributed by atoms with E-state index in [0.717, 1.165) is 23.3 Å². The molecule has 1 heterocycles. The van der Waals surface area contributed by atoms with Gasteiger partial charge < -0.3 is 10.0 Å². The lowest BCUT2D eigenvalue weighted by molar-refractivity contribution is 0.0875. The fourth-order valence-electron chi connectivity index (χ4n) is 2.08. The summed E-state index contributed by atoms with van der Waals surface area (Å²) in [6, 6.07) is 7.74. The van der Waals surface area contributed by atoms with Crippen LogP contribution >= 0.6 is 11.6 Å². The Balaban J connectivity index is 2.53. The van der Waals surface area contributed by atoms with E-state index in [4.69, 9.17) is 11.6 Å². The molecule has 1 N–H and O–H groups in total. The fraction of sp³-hybridized carbons (Fsp3) is 0.429. The van der Waals surface area contributed by atoms with Crippen LogP contribution in [0, 0.1) is 0 Å². The van der Waals surface area contributed by atoms with E-state index >= 15 is 0 Å². The van der Waals surface area contributed by atoms with Gasteiger partial charge in [-0.05, 0) is 44.5 Å². The largest absolute Gasteiger partial charge is 0.389 e. The quantitative estimate of drug-likeness (QED) is 0.875. The summed E-state index contributed by atoms with van der Waals surface area (Å²) in [5, 5.41) is 11.2. The summed E-state index contributed by atoms with van der Waals surface area (Å²) < 4.78 is 0. The zero-order chi connectivity index (χ0) is 14.0. The van der Waals surface area contributed by atoms with Gasteiger partial charge in [0.1, 0.15) is 5.82 Å². The van der Waals surface area contributed by atoms with E-state index in [1.807, 2.05) is 36.1 Å². The van der Waals surface area contributed by atoms with Crippen molar-refractivity contribution in [1.29, 1.82) is 0 Å². The number of benzene rings is 1. The van der Waals surface area contributed by atoms with Crippen LogP contribution in [0.2, 0.25) is 5.28 Å². The summed E-state index contributed by atoms with van der Waals surface area (Å²) in [6.45, 7) is 6.81. The molecular formula is C14H18ClN3O. The van der Waals surface area contributed by atoms with E-state index in [0.29, 0.717) is 6.54 Å². The van der Waals surface area contributed by atoms with Crippen molar-refractivity contribution in [3.8, 4) is 0 Å². The first-order chi connectivity index (χ1) is 8.90. The number of hydrogen-bond acceptors (Lipinski definition) is 4. The lowest BCUT2D eigenvalue weighted by Crippen LogP contribution is -2.39. The highest BCUT2D eigenvalue weighted by Gasteiger charge is 2.20. The number of likely N-dealkylation sites (N-methyl/N-ethyl adjacent to an activating group) is 1. The molecule has 0 radical (unpaired) electrons. The van der Waals surface area contributed by atoms with Gasteiger partial charge in [0.25, 0.3) is 0 Å². The molecule has 19 heavy (non-hydrogen) atoms. The van der Waals surface area contributed by atoms with E-state index in [2.05, 4.69) is 9.97 Å². The third-order valence-electron chi connectivity index (χ3n) is 2.81. The van der Waals surface area contributed by atoms with Crippen molar-refractivity contribution in [2.45, 2.75) is 26.4 Å². The smallest absolute Gasteiger partial charge is 0.224 e. The van der Waals surface area contributed by atoms with Gasteiger partial charge in [-0.3, -0.25) is 0 Å². The van der Waals surface area contributed by atoms with Crippen LogP contribution in [0.5, 0.6) is 0 Å². The number of hydrogen-bond donors (Lipinski definition) is 1. The second-order valence-electron chi connectivity index (χ2n) is 5.16. The van der Waals surface area contributed by atoms with Crippen LogP contribution < -0.4 is 4.90 Å². The number of nitrogens with zero attached hydrogens (tertiary/aromatic N) is 3. The van der Waals surface area contributed by atoms with E-state index in [1.54, 1.807) is 13.8 Å². The average molecular weight is 280 g/mol. The minimum absolute atomic E-state index is 0.225. The predicted molar refractivity (Wildman–Crippen MR) is 78.7 cm³/mol. The Morgan fingerprint density at radius 1 is 1.26 bits per heavy atom. The third-order valence-corrected chi connectivity index (χ3v) is 2.98. The third kappa shape index (κ3) is 3.33. The zero-order valence-corrected chi connectivity index (χ0v) is 12.1. The second kappa shape index (κ2) is 5.31. The van der Waals surface area contributed by atoms with E-state index in [-0.39, 0.29) is 5.28 Å². The number of aliphatic hydroxyl groups is 1. The molecular weight excluding hydrogens is 262 g/mol. The Hall–Kier alpha value is -1.39. The topological polar surface area (TPSA) is 49.2 Å². The Morgan fingerprint density at radius 3 is 2.58 bits per heavy atom. The van der Waals surface area contributed by atoms with Crippen molar-refractivity contribution in [1.82, 2.24) is 9.97 Å². The maximum Gasteiger partial charge on any atom is 0.224 e. The highest BCUT2D eigenvalue weighted by molar-refractivity contribution is 6.28. The maximum absolute atomic E-state index is 10.0. The minimum Gasteiger partial charge on any atom is -0.389 e. The monoisotopic (exact) mass is 279 g/mol. The summed E-state index contributed by atoms with van der Waals surface area (Å²) >= 11 is 5.98. The van der Waals surface area contributed by atoms with Crippen LogP contribution in [0.4, 0.5) is 5.82 Å². The van der Waals surface area contributed by atoms with E-state index in [9.17, 15) is 5.11 Å². The number of halogens is 1. The van der Waals surface area contributed by atoms with E-state index in [1.165, 1.54) is 0 Å². The van der Waals surface area contributed by atoms with Crippen LogP contribution in [-0.2, 0) is 0 Å². The van der Waals surface area contributed by atoms with Gasteiger partial charge in [-0.1, -0.05) is 12.1 Å². The number of para-hydroxylation sites is 1. The molecule has 0 saturated heterocycles. The van der Waals surface area contributed by atoms with Crippen molar-refractivity contribution < 1.29 is 5.11 Å². The second-order valence-corrected chi connectivity index (χ2v) is 5.50. The Labute approximate surface area is 118 Å². The van der Waals surface area contributed by atoms with Gasteiger partial charge in [-0.2, -0.15) is 4.98 Å². The van der Waals surface area contributed by atoms with Crippen molar-refractivity contribution in [3.63, 3.8) is 0 Å². The molecule has 0 atom stereocenters. The lowest BCUT2D eigenvalue weighted by Gasteiger charge is -2.29. The summed E-state index contributed by atoms with van der Waals surface area (Å²) in [5.74, 6) is 0.764. The van der Waals surface area contributed by atoms with Crippen molar-refractivity contribution in [2.24, 2.45) is 0 Å². The summed E-state index contributed by atoms with van der Waals surface area (Å²) in [5.41, 5.74) is 0.0147. The van der Waals surface area contributed by atoms with Crippen molar-refractivity contribution >= 4 is 28.3 Å². The van der Waals surface area contributed by atoms with Gasteiger partial charge in [-0.15, -0.1) is 0 Å². The molecule has 0 aliphatic heterocycles. The first-order valence-corrected chi connectivity index (χ1v) is 6.68. The van der Waals surface area contributed by atoms with Gasteiger partial charge in [0.15, 0.2) is 0 Å². The number of aromatic nitrogens is 2. The summed E-state index contributed by atoms with van der Waals surface area (Å²) in [7, 11) is 0. The molecule has 1 aromatic heterocycles. The molecule has 0 spiro atoms. The molecule has 0 amide bonds. The Bertz CT molecular complexity index is 580. The number of rotatable bonds is 4. The average Bonchev–Trinajstić information content (AvgIpc) is 2.34. The molecule has 0 bridgehead atoms. The van der Waals surface area contributed by atoms with Gasteiger partial charge in [0, 0.05) is 18.5 Å². The molecule has 0 fully saturated rings. The molecule has 1 aromatic carbocycles. The normalized spacial score (nSPS) is 11.8. The van der Waals surface area contributed by atoms with Crippen LogP contribution in [0.1, 0.15) is 20.8 Å². The molecule has 0 aliphatic rings. The molecule has 102 valence electrons. The van der Waals surface area contributed by atoms with Crippen molar-refractivity contribution in [3.05, 3.63) is 29.5 Å². The van der Waals surface area contributed by atoms with Gasteiger partial charge in [0.05, 0.1) is 11.1 Å². The summed E-state index contributed by atoms with van der Waals surface area (Å²) in [4.78, 5) is 10.6. The molecule has 2 rings (SSSR count). The van der Waals surface area contributed by atoms with Crippen LogP contribution in [0.25, 0.3) is 10.9 Å². The standard InChI is InChI=1S/C14H18ClN3O/c1-4-18(9-14(2,3)19)12-10-7-5-6-8-11(10)16-13(15)17-12/h5-8,19H,4,9H2,1-3H3. The molecule has 5 heteroatoms. The minimum atomic E-state index is -0.797. The summed E-state index contributed by atoms with van der Waals surface area (Å²) in [6.07, 6.45) is 0. The first kappa shape index (κ1) is 14.0. The maximum atomic E-state index is 10.0. The number of anilines is 1. The van der Waals surface area contributed by atoms with Crippen LogP contribution in [0.15, 0.2) is 24.3 Å². The zero-order valence-electron chi connectivity index (χ0n) is 11.4. The van der Waals surface area contributed by atoms with Crippen molar-refractivity contribution in [2.75, 3.05) is 18.0 Å². The molecule has 0 unspecified atom stereocenters. The van der Waals surface area contributed by atoms with Crippen LogP contribution in [0.3, 0.4) is 0 Å². The number of fused-ring (bicyclic) bond motifs is 1. The molecule has 0 saturated carbocycles. The van der Waals surface area contributed by atoms with Gasteiger partial charge in [0.2, 0.25) is 5.28 Å². The highest BCUT2D eigenvalue weighted by atomic mass is 35.5. The Kier molecular flexibility index (Phi) is 3.92. The lowest BCUT2D eigenvalue weighted by atomic mass is 10.1. The predicted octanol–water partition coefficient (Wildman–Crippen LogP) is 2.88. The van der Waals surface area contributed by atoms with Gasteiger partial charge in [-0.25, -0.2) is 4.98 Å². The van der Waals surface area contributed by atoms with Gasteiger partial charge >= 0.3 is 0 Å². The molecule has 0 aliphatic carbocycles. The molecule has 2 aromatic rings. The fourth-order valence-corrected chi connectivity index (χ4v) is 2.25. The Morgan fingerprint density at radius 2 is 1.95 bits per heavy atom. The van der Waals surface area contributed by atoms with E-state index < -0.39 is 5.60 Å².